The van der Waals surface area contributed by atoms with Gasteiger partial charge >= 0.3 is 5.97 Å². The molecule has 0 spiro atoms. The maximum Gasteiger partial charge on any atom is 0.355 e. The molecule has 7 heteroatoms. The molecule has 1 aliphatic heterocycles. The van der Waals surface area contributed by atoms with Crippen molar-refractivity contribution in [3.63, 3.8) is 0 Å². The van der Waals surface area contributed by atoms with Crippen LogP contribution >= 0.6 is 0 Å². The number of fused-ring (bicyclic) bond motifs is 1. The number of carbonyl (C=O) groups is 3. The second kappa shape index (κ2) is 7.37. The van der Waals surface area contributed by atoms with E-state index in [1.54, 1.807) is 67.2 Å². The first kappa shape index (κ1) is 19.1. The molecular weight excluding hydrogens is 334 g/mol. The number of ether oxygens (including phenoxy) is 1. The molecular formula is C19H21N3O4. The number of esters is 1. The minimum absolute atomic E-state index is 0. The van der Waals surface area contributed by atoms with Crippen molar-refractivity contribution in [2.24, 2.45) is 7.05 Å². The van der Waals surface area contributed by atoms with Crippen LogP contribution < -0.4 is 6.15 Å². The lowest BCUT2D eigenvalue weighted by atomic mass is 10.1. The van der Waals surface area contributed by atoms with Crippen molar-refractivity contribution in [2.75, 3.05) is 7.11 Å². The van der Waals surface area contributed by atoms with Gasteiger partial charge in [-0.2, -0.15) is 0 Å². The normalized spacial score (nSPS) is 14.3. The second-order valence-electron chi connectivity index (χ2n) is 5.85. The molecule has 1 aliphatic rings. The molecule has 2 amide bonds. The first-order chi connectivity index (χ1) is 12.0. The molecule has 2 heterocycles. The number of carbonyl (C=O) groups excluding carboxylic acids is 3. The van der Waals surface area contributed by atoms with Gasteiger partial charge in [0.05, 0.1) is 24.3 Å². The Bertz CT molecular complexity index is 863. The van der Waals surface area contributed by atoms with Gasteiger partial charge in [-0.25, -0.2) is 4.79 Å². The Morgan fingerprint density at radius 3 is 2.23 bits per heavy atom. The summed E-state index contributed by atoms with van der Waals surface area (Å²) < 4.78 is 6.45. The molecule has 0 saturated heterocycles. The monoisotopic (exact) mass is 355 g/mol. The molecule has 0 radical (unpaired) electrons. The molecule has 1 aromatic carbocycles. The van der Waals surface area contributed by atoms with E-state index in [2.05, 4.69) is 0 Å². The number of hydrogen-bond donors (Lipinski definition) is 1. The van der Waals surface area contributed by atoms with Gasteiger partial charge < -0.3 is 15.5 Å². The van der Waals surface area contributed by atoms with Crippen LogP contribution in [0.15, 0.2) is 42.6 Å². The van der Waals surface area contributed by atoms with Gasteiger partial charge in [0.15, 0.2) is 0 Å². The molecule has 0 bridgehead atoms. The van der Waals surface area contributed by atoms with Crippen molar-refractivity contribution >= 4 is 23.9 Å². The Balaban J connectivity index is 0.00000243. The number of rotatable bonds is 4. The van der Waals surface area contributed by atoms with Gasteiger partial charge in [0.1, 0.15) is 5.69 Å². The van der Waals surface area contributed by atoms with E-state index < -0.39 is 12.0 Å². The van der Waals surface area contributed by atoms with Crippen molar-refractivity contribution in [1.82, 2.24) is 15.6 Å². The predicted molar refractivity (Wildman–Crippen MR) is 97.2 cm³/mol. The van der Waals surface area contributed by atoms with Crippen molar-refractivity contribution in [3.8, 4) is 0 Å². The van der Waals surface area contributed by atoms with E-state index in [9.17, 15) is 14.4 Å². The quantitative estimate of drug-likeness (QED) is 0.671. The summed E-state index contributed by atoms with van der Waals surface area (Å²) in [6.07, 6.45) is 5.20. The Morgan fingerprint density at radius 2 is 1.69 bits per heavy atom. The van der Waals surface area contributed by atoms with Crippen LogP contribution in [0.25, 0.3) is 6.08 Å². The largest absolute Gasteiger partial charge is 0.464 e. The summed E-state index contributed by atoms with van der Waals surface area (Å²) in [5.41, 5.74) is 1.91. The number of nitrogens with zero attached hydrogens (tertiary/aromatic N) is 2. The third-order valence-electron chi connectivity index (χ3n) is 4.27. The molecule has 0 unspecified atom stereocenters. The summed E-state index contributed by atoms with van der Waals surface area (Å²) in [7, 11) is 3.07. The van der Waals surface area contributed by atoms with Gasteiger partial charge in [0.2, 0.25) is 0 Å². The summed E-state index contributed by atoms with van der Waals surface area (Å²) in [6.45, 7) is 1.76. The van der Waals surface area contributed by atoms with Crippen LogP contribution in [0, 0.1) is 0 Å². The maximum absolute atomic E-state index is 12.5. The number of aryl methyl sites for hydroxylation is 1. The average Bonchev–Trinajstić information content (AvgIpc) is 3.11. The molecule has 1 atom stereocenters. The predicted octanol–water partition coefficient (Wildman–Crippen LogP) is 2.67. The second-order valence-corrected chi connectivity index (χ2v) is 5.85. The van der Waals surface area contributed by atoms with Crippen LogP contribution in [0.2, 0.25) is 0 Å². The number of amides is 2. The van der Waals surface area contributed by atoms with E-state index in [-0.39, 0.29) is 18.0 Å². The molecule has 2 aromatic rings. The van der Waals surface area contributed by atoms with Crippen LogP contribution in [0.1, 0.15) is 43.7 Å². The number of aromatic nitrogens is 1. The van der Waals surface area contributed by atoms with Gasteiger partial charge in [0, 0.05) is 18.8 Å². The SMILES string of the molecule is COC(=O)c1c(/C=C/[C@H](C)N2C(=O)c3ccccc3C2=O)ccn1C.N. The van der Waals surface area contributed by atoms with Gasteiger partial charge in [0.25, 0.3) is 11.8 Å². The molecule has 0 saturated carbocycles. The lowest BCUT2D eigenvalue weighted by Gasteiger charge is -2.19. The molecule has 26 heavy (non-hydrogen) atoms. The minimum Gasteiger partial charge on any atom is -0.464 e. The van der Waals surface area contributed by atoms with Gasteiger partial charge in [-0.05, 0) is 25.1 Å². The topological polar surface area (TPSA) is 104 Å². The van der Waals surface area contributed by atoms with Crippen LogP contribution in [0.5, 0.6) is 0 Å². The molecule has 7 nitrogen and oxygen atoms in total. The van der Waals surface area contributed by atoms with Crippen LogP contribution in [0.3, 0.4) is 0 Å². The van der Waals surface area contributed by atoms with E-state index in [1.807, 2.05) is 0 Å². The highest BCUT2D eigenvalue weighted by Crippen LogP contribution is 2.25. The Labute approximate surface area is 151 Å². The first-order valence-corrected chi connectivity index (χ1v) is 7.84. The zero-order chi connectivity index (χ0) is 18.1. The summed E-state index contributed by atoms with van der Waals surface area (Å²) in [5, 5.41) is 0. The maximum atomic E-state index is 12.5. The standard InChI is InChI=1S/C19H18N2O4.H3N/c1-12(8-9-13-10-11-20(2)16(13)19(24)25-3)21-17(22)14-6-4-5-7-15(14)18(21)23;/h4-12H,1-3H3;1H3/b9-8+;/t12-;/m0./s1. The van der Waals surface area contributed by atoms with Crippen molar-refractivity contribution in [2.45, 2.75) is 13.0 Å². The highest BCUT2D eigenvalue weighted by atomic mass is 16.5. The smallest absolute Gasteiger partial charge is 0.355 e. The summed E-state index contributed by atoms with van der Waals surface area (Å²) >= 11 is 0. The number of methoxy groups -OCH3 is 1. The van der Waals surface area contributed by atoms with E-state index in [0.717, 1.165) is 0 Å². The molecule has 136 valence electrons. The minimum atomic E-state index is -0.446. The van der Waals surface area contributed by atoms with E-state index in [1.165, 1.54) is 12.0 Å². The molecule has 0 aliphatic carbocycles. The molecule has 0 fully saturated rings. The molecule has 1 aromatic heterocycles. The number of hydrogen-bond acceptors (Lipinski definition) is 5. The lowest BCUT2D eigenvalue weighted by Crippen LogP contribution is -2.36. The fourth-order valence-electron chi connectivity index (χ4n) is 2.95. The number of imide groups is 1. The van der Waals surface area contributed by atoms with Crippen molar-refractivity contribution in [1.29, 1.82) is 0 Å². The molecule has 3 rings (SSSR count). The third kappa shape index (κ3) is 3.04. The average molecular weight is 355 g/mol. The highest BCUT2D eigenvalue weighted by molar-refractivity contribution is 6.21. The summed E-state index contributed by atoms with van der Waals surface area (Å²) in [4.78, 5) is 38.1. The lowest BCUT2D eigenvalue weighted by molar-refractivity contribution is 0.0585. The Hall–Kier alpha value is -3.19. The summed E-state index contributed by atoms with van der Waals surface area (Å²) in [5.74, 6) is -1.06. The van der Waals surface area contributed by atoms with Gasteiger partial charge in [-0.15, -0.1) is 0 Å². The van der Waals surface area contributed by atoms with Crippen LogP contribution in [-0.4, -0.2) is 40.4 Å². The van der Waals surface area contributed by atoms with E-state index in [0.29, 0.717) is 22.4 Å². The van der Waals surface area contributed by atoms with Crippen molar-refractivity contribution in [3.05, 3.63) is 65.0 Å². The van der Waals surface area contributed by atoms with E-state index in [4.69, 9.17) is 4.74 Å². The highest BCUT2D eigenvalue weighted by Gasteiger charge is 2.37. The fraction of sp³-hybridized carbons (Fsp3) is 0.211. The van der Waals surface area contributed by atoms with Gasteiger partial charge in [-0.1, -0.05) is 24.3 Å². The zero-order valence-corrected chi connectivity index (χ0v) is 14.9. The van der Waals surface area contributed by atoms with Crippen LogP contribution in [0.4, 0.5) is 0 Å². The van der Waals surface area contributed by atoms with Crippen LogP contribution in [-0.2, 0) is 11.8 Å². The Morgan fingerprint density at radius 1 is 1.12 bits per heavy atom. The Kier molecular flexibility index (Phi) is 5.42. The summed E-state index contributed by atoms with van der Waals surface area (Å²) in [6, 6.07) is 8.11. The number of benzene rings is 1. The van der Waals surface area contributed by atoms with Gasteiger partial charge in [-0.3, -0.25) is 14.5 Å². The molecule has 3 N–H and O–H groups in total. The van der Waals surface area contributed by atoms with Crippen molar-refractivity contribution < 1.29 is 19.1 Å². The fourth-order valence-corrected chi connectivity index (χ4v) is 2.95. The first-order valence-electron chi connectivity index (χ1n) is 7.84. The van der Waals surface area contributed by atoms with E-state index >= 15 is 0 Å². The third-order valence-corrected chi connectivity index (χ3v) is 4.27. The zero-order valence-electron chi connectivity index (χ0n) is 14.9.